The second-order valence-electron chi connectivity index (χ2n) is 3.54. The second kappa shape index (κ2) is 4.94. The molecule has 0 saturated carbocycles. The van der Waals surface area contributed by atoms with Crippen LogP contribution in [0.2, 0.25) is 5.02 Å². The van der Waals surface area contributed by atoms with Crippen molar-refractivity contribution in [3.05, 3.63) is 46.7 Å². The van der Waals surface area contributed by atoms with Gasteiger partial charge < -0.3 is 10.3 Å². The molecule has 3 nitrogen and oxygen atoms in total. The summed E-state index contributed by atoms with van der Waals surface area (Å²) in [5, 5.41) is 0.671. The fraction of sp³-hybridized carbons (Fsp3) is 0.0833. The molecule has 0 aliphatic rings. The summed E-state index contributed by atoms with van der Waals surface area (Å²) < 4.78 is 2.71. The van der Waals surface area contributed by atoms with Gasteiger partial charge in [0, 0.05) is 21.6 Å². The van der Waals surface area contributed by atoms with Gasteiger partial charge in [0.05, 0.1) is 6.33 Å². The van der Waals surface area contributed by atoms with E-state index in [0.717, 1.165) is 15.7 Å². The lowest BCUT2D eigenvalue weighted by Gasteiger charge is -2.05. The molecule has 0 fully saturated rings. The second-order valence-corrected chi connectivity index (χ2v) is 4.83. The Balaban J connectivity index is 2.49. The number of nitrogens with zero attached hydrogens (tertiary/aromatic N) is 2. The molecule has 0 aliphatic heterocycles. The van der Waals surface area contributed by atoms with Gasteiger partial charge in [0.1, 0.15) is 11.5 Å². The molecule has 1 aromatic heterocycles. The van der Waals surface area contributed by atoms with Gasteiger partial charge in [0.25, 0.3) is 0 Å². The van der Waals surface area contributed by atoms with E-state index in [1.807, 2.05) is 22.8 Å². The van der Waals surface area contributed by atoms with Gasteiger partial charge in [-0.1, -0.05) is 39.7 Å². The summed E-state index contributed by atoms with van der Waals surface area (Å²) in [7, 11) is 0. The van der Waals surface area contributed by atoms with Gasteiger partial charge in [-0.3, -0.25) is 0 Å². The number of benzene rings is 1. The van der Waals surface area contributed by atoms with E-state index >= 15 is 0 Å². The van der Waals surface area contributed by atoms with Crippen molar-refractivity contribution in [1.82, 2.24) is 9.55 Å². The summed E-state index contributed by atoms with van der Waals surface area (Å²) >= 11 is 9.36. The van der Waals surface area contributed by atoms with Crippen LogP contribution < -0.4 is 5.73 Å². The van der Waals surface area contributed by atoms with Gasteiger partial charge in [0.15, 0.2) is 0 Å². The molecule has 88 valence electrons. The van der Waals surface area contributed by atoms with E-state index in [1.165, 1.54) is 0 Å². The largest absolute Gasteiger partial charge is 0.383 e. The van der Waals surface area contributed by atoms with Crippen LogP contribution >= 0.6 is 27.5 Å². The van der Waals surface area contributed by atoms with E-state index in [4.69, 9.17) is 17.3 Å². The highest BCUT2D eigenvalue weighted by Crippen LogP contribution is 2.32. The van der Waals surface area contributed by atoms with Crippen LogP contribution in [0.25, 0.3) is 11.3 Å². The lowest BCUT2D eigenvalue weighted by atomic mass is 10.1. The molecule has 5 heteroatoms. The third kappa shape index (κ3) is 2.37. The third-order valence-electron chi connectivity index (χ3n) is 2.39. The number of allylic oxidation sites excluding steroid dienone is 1. The molecule has 2 N–H and O–H groups in total. The standard InChI is InChI=1S/C12H11BrClN3/c1-2-5-17-7-16-11(12(17)15)9-4-3-8(14)6-10(9)13/h2-4,6-7H,1,5,15H2. The first-order valence-corrected chi connectivity index (χ1v) is 6.17. The highest BCUT2D eigenvalue weighted by atomic mass is 79.9. The SMILES string of the molecule is C=CCn1cnc(-c2ccc(Cl)cc2Br)c1N. The monoisotopic (exact) mass is 311 g/mol. The first-order valence-electron chi connectivity index (χ1n) is 5.00. The predicted octanol–water partition coefficient (Wildman–Crippen LogP) is 3.73. The number of nitrogens with two attached hydrogens (primary N) is 1. The van der Waals surface area contributed by atoms with Crippen molar-refractivity contribution in [2.75, 3.05) is 5.73 Å². The van der Waals surface area contributed by atoms with Crippen molar-refractivity contribution in [1.29, 1.82) is 0 Å². The van der Waals surface area contributed by atoms with Gasteiger partial charge in [-0.05, 0) is 12.1 Å². The Morgan fingerprint density at radius 1 is 1.53 bits per heavy atom. The molecule has 0 amide bonds. The molecular weight excluding hydrogens is 302 g/mol. The first kappa shape index (κ1) is 12.2. The molecule has 2 rings (SSSR count). The Hall–Kier alpha value is -1.26. The van der Waals surface area contributed by atoms with Crippen LogP contribution in [0.3, 0.4) is 0 Å². The van der Waals surface area contributed by atoms with Crippen LogP contribution in [0.5, 0.6) is 0 Å². The molecule has 0 bridgehead atoms. The van der Waals surface area contributed by atoms with E-state index in [-0.39, 0.29) is 0 Å². The van der Waals surface area contributed by atoms with E-state index in [1.54, 1.807) is 12.4 Å². The van der Waals surface area contributed by atoms with Crippen molar-refractivity contribution < 1.29 is 0 Å². The Morgan fingerprint density at radius 3 is 2.94 bits per heavy atom. The maximum absolute atomic E-state index is 6.03. The number of hydrogen-bond acceptors (Lipinski definition) is 2. The average molecular weight is 313 g/mol. The number of anilines is 1. The topological polar surface area (TPSA) is 43.8 Å². The van der Waals surface area contributed by atoms with Crippen LogP contribution in [-0.4, -0.2) is 9.55 Å². The lowest BCUT2D eigenvalue weighted by Crippen LogP contribution is -2.00. The van der Waals surface area contributed by atoms with Crippen LogP contribution in [0, 0.1) is 0 Å². The average Bonchev–Trinajstić information content (AvgIpc) is 2.62. The van der Waals surface area contributed by atoms with Crippen molar-refractivity contribution in [2.24, 2.45) is 0 Å². The summed E-state index contributed by atoms with van der Waals surface area (Å²) in [5.74, 6) is 0.618. The third-order valence-corrected chi connectivity index (χ3v) is 3.28. The van der Waals surface area contributed by atoms with Crippen LogP contribution in [-0.2, 0) is 6.54 Å². The highest BCUT2D eigenvalue weighted by Gasteiger charge is 2.12. The fourth-order valence-electron chi connectivity index (χ4n) is 1.57. The van der Waals surface area contributed by atoms with E-state index in [9.17, 15) is 0 Å². The Morgan fingerprint density at radius 2 is 2.29 bits per heavy atom. The van der Waals surface area contributed by atoms with Crippen molar-refractivity contribution in [3.8, 4) is 11.3 Å². The summed E-state index contributed by atoms with van der Waals surface area (Å²) in [6, 6.07) is 5.53. The van der Waals surface area contributed by atoms with Crippen LogP contribution in [0.4, 0.5) is 5.82 Å². The number of aromatic nitrogens is 2. The zero-order chi connectivity index (χ0) is 12.4. The van der Waals surface area contributed by atoms with Crippen molar-refractivity contribution >= 4 is 33.3 Å². The van der Waals surface area contributed by atoms with Crippen molar-refractivity contribution in [3.63, 3.8) is 0 Å². The van der Waals surface area contributed by atoms with Gasteiger partial charge >= 0.3 is 0 Å². The number of halogens is 2. The van der Waals surface area contributed by atoms with E-state index in [0.29, 0.717) is 17.4 Å². The Labute approximate surface area is 113 Å². The summed E-state index contributed by atoms with van der Waals surface area (Å²) in [4.78, 5) is 4.31. The number of imidazole rings is 1. The molecule has 0 radical (unpaired) electrons. The molecule has 0 atom stereocenters. The molecule has 0 spiro atoms. The Bertz CT molecular complexity index is 563. The van der Waals surface area contributed by atoms with Gasteiger partial charge in [-0.25, -0.2) is 4.98 Å². The molecule has 2 aromatic rings. The van der Waals surface area contributed by atoms with E-state index < -0.39 is 0 Å². The van der Waals surface area contributed by atoms with Crippen LogP contribution in [0.15, 0.2) is 41.7 Å². The highest BCUT2D eigenvalue weighted by molar-refractivity contribution is 9.10. The van der Waals surface area contributed by atoms with Gasteiger partial charge in [-0.15, -0.1) is 6.58 Å². The van der Waals surface area contributed by atoms with Crippen molar-refractivity contribution in [2.45, 2.75) is 6.54 Å². The molecule has 0 aliphatic carbocycles. The minimum atomic E-state index is 0.618. The zero-order valence-electron chi connectivity index (χ0n) is 9.03. The lowest BCUT2D eigenvalue weighted by molar-refractivity contribution is 0.833. The predicted molar refractivity (Wildman–Crippen MR) is 75.0 cm³/mol. The smallest absolute Gasteiger partial charge is 0.131 e. The maximum Gasteiger partial charge on any atom is 0.131 e. The fourth-order valence-corrected chi connectivity index (χ4v) is 2.44. The first-order chi connectivity index (χ1) is 8.13. The normalized spacial score (nSPS) is 10.5. The summed E-state index contributed by atoms with van der Waals surface area (Å²) in [5.41, 5.74) is 7.70. The maximum atomic E-state index is 6.03. The molecule has 1 heterocycles. The zero-order valence-corrected chi connectivity index (χ0v) is 11.4. The van der Waals surface area contributed by atoms with Crippen LogP contribution in [0.1, 0.15) is 0 Å². The summed E-state index contributed by atoms with van der Waals surface area (Å²) in [6.45, 7) is 4.32. The quantitative estimate of drug-likeness (QED) is 0.878. The number of hydrogen-bond donors (Lipinski definition) is 1. The minimum absolute atomic E-state index is 0.618. The van der Waals surface area contributed by atoms with Gasteiger partial charge in [0.2, 0.25) is 0 Å². The molecular formula is C12H11BrClN3. The van der Waals surface area contributed by atoms with E-state index in [2.05, 4.69) is 27.5 Å². The number of rotatable bonds is 3. The van der Waals surface area contributed by atoms with Gasteiger partial charge in [-0.2, -0.15) is 0 Å². The molecule has 17 heavy (non-hydrogen) atoms. The minimum Gasteiger partial charge on any atom is -0.383 e. The molecule has 0 unspecified atom stereocenters. The molecule has 0 saturated heterocycles. The number of nitrogen functional groups attached to an aromatic ring is 1. The Kier molecular flexibility index (Phi) is 3.54. The molecule has 1 aromatic carbocycles. The summed E-state index contributed by atoms with van der Waals surface area (Å²) in [6.07, 6.45) is 3.48.